The fraction of sp³-hybridized carbons (Fsp3) is 0.543. The number of carbonyl (C=O) groups is 3. The summed E-state index contributed by atoms with van der Waals surface area (Å²) in [4.78, 5) is 46.1. The Morgan fingerprint density at radius 2 is 1.55 bits per heavy atom. The van der Waals surface area contributed by atoms with Crippen LogP contribution in [-0.4, -0.2) is 46.1 Å². The molecule has 2 saturated heterocycles. The summed E-state index contributed by atoms with van der Waals surface area (Å²) in [6.07, 6.45) is 31.1. The first-order valence-electron chi connectivity index (χ1n) is 20.1. The molecule has 0 radical (unpaired) electrons. The number of likely N-dealkylation sites (tertiary alicyclic amines) is 2. The zero-order chi connectivity index (χ0) is 35.1. The predicted octanol–water partition coefficient (Wildman–Crippen LogP) is 9.11. The van der Waals surface area contributed by atoms with Gasteiger partial charge in [0.1, 0.15) is 0 Å². The summed E-state index contributed by atoms with van der Waals surface area (Å²) in [5.74, 6) is 2.39. The van der Waals surface area contributed by atoms with Gasteiger partial charge in [-0.3, -0.25) is 19.3 Å². The Labute approximate surface area is 304 Å². The van der Waals surface area contributed by atoms with Crippen LogP contribution in [-0.2, 0) is 14.4 Å². The Morgan fingerprint density at radius 1 is 0.804 bits per heavy atom. The topological polar surface area (TPSA) is 57.7 Å². The first kappa shape index (κ1) is 33.1. The molecular formula is C46H54N2O3. The highest BCUT2D eigenvalue weighted by molar-refractivity contribution is 6.09. The molecule has 3 saturated carbocycles. The third kappa shape index (κ3) is 5.26. The standard InChI is InChI=1S/C46H54N2O3/c1-29-26-34(21-24-41(29)48-42(49)38-13-4-8-33-9-7-25-45(2,44(48)51)27-39(33)38)32-17-15-30(16-18-32)31-19-22-37(23-20-31)47-28-36-12-5-10-35-11-6-14-40(43(47)50)46(35,36)3/h4,7-9,13,15-18,21,24-26,29,31,35-37,39-41H,5-6,10-12,14,19-20,22-23,27-28H2,1-3H3/t29?,31?,35?,36?,37?,39?,40?,41?,45?,46-/m0/s1. The number of allylic oxidation sites excluding steroid dienone is 8. The van der Waals surface area contributed by atoms with Crippen molar-refractivity contribution in [2.45, 2.75) is 109 Å². The monoisotopic (exact) mass is 682 g/mol. The molecule has 1 aromatic carbocycles. The lowest BCUT2D eigenvalue weighted by molar-refractivity contribution is -0.170. The summed E-state index contributed by atoms with van der Waals surface area (Å²) in [5, 5.41) is 0. The highest BCUT2D eigenvalue weighted by Gasteiger charge is 2.58. The molecule has 7 unspecified atom stereocenters. The Kier molecular flexibility index (Phi) is 8.09. The lowest BCUT2D eigenvalue weighted by Crippen LogP contribution is -2.63. The van der Waals surface area contributed by atoms with Crippen LogP contribution in [0.4, 0.5) is 0 Å². The van der Waals surface area contributed by atoms with Gasteiger partial charge in [-0.1, -0.05) is 106 Å². The molecule has 0 spiro atoms. The van der Waals surface area contributed by atoms with E-state index in [4.69, 9.17) is 0 Å². The predicted molar refractivity (Wildman–Crippen MR) is 202 cm³/mol. The number of fused-ring (bicyclic) bond motifs is 1. The smallest absolute Gasteiger partial charge is 0.257 e. The molecule has 0 aromatic heterocycles. The number of hydrogen-bond acceptors (Lipinski definition) is 3. The molecule has 51 heavy (non-hydrogen) atoms. The van der Waals surface area contributed by atoms with Crippen LogP contribution >= 0.6 is 0 Å². The minimum absolute atomic E-state index is 0.0150. The summed E-state index contributed by atoms with van der Waals surface area (Å²) in [5.41, 5.74) is 5.04. The van der Waals surface area contributed by atoms with Crippen LogP contribution in [0, 0.1) is 40.4 Å². The minimum Gasteiger partial charge on any atom is -0.339 e. The van der Waals surface area contributed by atoms with Crippen LogP contribution in [0.5, 0.6) is 0 Å². The van der Waals surface area contributed by atoms with Gasteiger partial charge >= 0.3 is 0 Å². The largest absolute Gasteiger partial charge is 0.339 e. The van der Waals surface area contributed by atoms with Crippen LogP contribution < -0.4 is 0 Å². The summed E-state index contributed by atoms with van der Waals surface area (Å²) in [6.45, 7) is 7.59. The molecule has 0 N–H and O–H groups in total. The second-order valence-corrected chi connectivity index (χ2v) is 17.8. The van der Waals surface area contributed by atoms with Crippen molar-refractivity contribution in [2.24, 2.45) is 40.4 Å². The van der Waals surface area contributed by atoms with Crippen molar-refractivity contribution < 1.29 is 14.4 Å². The van der Waals surface area contributed by atoms with Gasteiger partial charge in [-0.05, 0) is 116 Å². The Morgan fingerprint density at radius 3 is 2.31 bits per heavy atom. The molecule has 6 aliphatic carbocycles. The number of hydrogen-bond donors (Lipinski definition) is 0. The molecule has 2 bridgehead atoms. The van der Waals surface area contributed by atoms with E-state index in [0.717, 1.165) is 61.3 Å². The van der Waals surface area contributed by atoms with E-state index in [1.807, 2.05) is 31.2 Å². The molecule has 8 atom stereocenters. The number of imide groups is 1. The van der Waals surface area contributed by atoms with Gasteiger partial charge < -0.3 is 4.90 Å². The van der Waals surface area contributed by atoms with Crippen LogP contribution in [0.15, 0.2) is 90.1 Å². The third-order valence-electron chi connectivity index (χ3n) is 15.2. The van der Waals surface area contributed by atoms with Crippen molar-refractivity contribution in [3.05, 3.63) is 101 Å². The fourth-order valence-electron chi connectivity index (χ4n) is 12.1. The summed E-state index contributed by atoms with van der Waals surface area (Å²) >= 11 is 0. The van der Waals surface area contributed by atoms with Gasteiger partial charge in [0.15, 0.2) is 0 Å². The number of rotatable bonds is 4. The average molecular weight is 683 g/mol. The van der Waals surface area contributed by atoms with E-state index in [0.29, 0.717) is 30.2 Å². The van der Waals surface area contributed by atoms with Gasteiger partial charge in [0.25, 0.3) is 5.91 Å². The molecule has 1 aromatic rings. The first-order chi connectivity index (χ1) is 24.7. The molecule has 2 aliphatic heterocycles. The molecule has 3 amide bonds. The van der Waals surface area contributed by atoms with E-state index < -0.39 is 5.41 Å². The van der Waals surface area contributed by atoms with Gasteiger partial charge in [0, 0.05) is 30.0 Å². The van der Waals surface area contributed by atoms with Gasteiger partial charge in [-0.2, -0.15) is 0 Å². The second-order valence-electron chi connectivity index (χ2n) is 17.8. The van der Waals surface area contributed by atoms with E-state index in [2.05, 4.69) is 73.4 Å². The molecule has 5 nitrogen and oxygen atoms in total. The highest BCUT2D eigenvalue weighted by Crippen LogP contribution is 2.59. The van der Waals surface area contributed by atoms with Crippen LogP contribution in [0.25, 0.3) is 5.57 Å². The van der Waals surface area contributed by atoms with Crippen molar-refractivity contribution >= 4 is 23.3 Å². The second kappa shape index (κ2) is 12.5. The summed E-state index contributed by atoms with van der Waals surface area (Å²) < 4.78 is 0. The van der Waals surface area contributed by atoms with E-state index >= 15 is 0 Å². The SMILES string of the molecule is CC1C=C(c2ccc(C3CCC(N4CC5CCCC6CCCC(C4=O)[C@@]65C)CC3)cc2)C=CC1N1C(=O)C2=CC=CC3=CC=CC(C)(CC32)C1=O. The van der Waals surface area contributed by atoms with Crippen LogP contribution in [0.1, 0.15) is 108 Å². The number of amides is 3. The molecule has 5 heteroatoms. The van der Waals surface area contributed by atoms with Crippen LogP contribution in [0.3, 0.4) is 0 Å². The maximum absolute atomic E-state index is 14.2. The summed E-state index contributed by atoms with van der Waals surface area (Å²) in [7, 11) is 0. The van der Waals surface area contributed by atoms with Crippen LogP contribution in [0.2, 0.25) is 0 Å². The molecule has 9 rings (SSSR count). The van der Waals surface area contributed by atoms with Crippen molar-refractivity contribution in [3.63, 3.8) is 0 Å². The lowest BCUT2D eigenvalue weighted by atomic mass is 9.49. The number of carbonyl (C=O) groups excluding carboxylic acids is 3. The van der Waals surface area contributed by atoms with E-state index in [1.54, 1.807) is 4.90 Å². The van der Waals surface area contributed by atoms with Gasteiger partial charge in [0.05, 0.1) is 11.5 Å². The van der Waals surface area contributed by atoms with Crippen molar-refractivity contribution in [3.8, 4) is 0 Å². The maximum atomic E-state index is 14.2. The maximum Gasteiger partial charge on any atom is 0.257 e. The van der Waals surface area contributed by atoms with E-state index in [-0.39, 0.29) is 41.0 Å². The number of benzene rings is 1. The van der Waals surface area contributed by atoms with Gasteiger partial charge in [-0.15, -0.1) is 0 Å². The fourth-order valence-corrected chi connectivity index (χ4v) is 12.1. The molecule has 8 aliphatic rings. The van der Waals surface area contributed by atoms with Crippen molar-refractivity contribution in [2.75, 3.05) is 6.54 Å². The Hall–Kier alpha value is -3.73. The summed E-state index contributed by atoms with van der Waals surface area (Å²) in [6, 6.07) is 9.18. The lowest BCUT2D eigenvalue weighted by Gasteiger charge is -2.60. The van der Waals surface area contributed by atoms with Gasteiger partial charge in [-0.25, -0.2) is 0 Å². The molecular weight excluding hydrogens is 629 g/mol. The zero-order valence-corrected chi connectivity index (χ0v) is 30.7. The van der Waals surface area contributed by atoms with Crippen molar-refractivity contribution in [1.82, 2.24) is 9.80 Å². The minimum atomic E-state index is -0.731. The number of piperidine rings is 1. The quantitative estimate of drug-likeness (QED) is 0.298. The normalized spacial score (nSPS) is 40.2. The van der Waals surface area contributed by atoms with E-state index in [1.165, 1.54) is 43.2 Å². The average Bonchev–Trinajstić information content (AvgIpc) is 3.36. The highest BCUT2D eigenvalue weighted by atomic mass is 16.2. The van der Waals surface area contributed by atoms with E-state index in [9.17, 15) is 14.4 Å². The molecule has 266 valence electrons. The zero-order valence-electron chi connectivity index (χ0n) is 30.7. The van der Waals surface area contributed by atoms with Gasteiger partial charge in [0.2, 0.25) is 11.8 Å². The molecule has 5 fully saturated rings. The third-order valence-corrected chi connectivity index (χ3v) is 15.2. The first-order valence-corrected chi connectivity index (χ1v) is 20.1. The van der Waals surface area contributed by atoms with Crippen molar-refractivity contribution in [1.29, 1.82) is 0 Å². The Bertz CT molecular complexity index is 1820. The molecule has 2 heterocycles. The Balaban J connectivity index is 0.862. The number of nitrogens with zero attached hydrogens (tertiary/aromatic N) is 2.